The predicted molar refractivity (Wildman–Crippen MR) is 174 cm³/mol. The lowest BCUT2D eigenvalue weighted by Crippen LogP contribution is -2.35. The molecule has 0 radical (unpaired) electrons. The molecule has 5 rings (SSSR count). The molecule has 4 heterocycles. The number of carbonyl (C=O) groups is 1. The van der Waals surface area contributed by atoms with E-state index < -0.39 is 6.10 Å². The highest BCUT2D eigenvalue weighted by Gasteiger charge is 2.34. The number of benzene rings is 1. The molecule has 41 heavy (non-hydrogen) atoms. The maximum Gasteiger partial charge on any atom is 0.263 e. The number of fused-ring (bicyclic) bond motifs is 1. The Hall–Kier alpha value is -3.10. The van der Waals surface area contributed by atoms with Crippen molar-refractivity contribution in [1.29, 1.82) is 0 Å². The predicted octanol–water partition coefficient (Wildman–Crippen LogP) is 5.67. The minimum absolute atomic E-state index is 0.0349. The molecule has 10 nitrogen and oxygen atoms in total. The summed E-state index contributed by atoms with van der Waals surface area (Å²) in [6.45, 7) is 13.3. The smallest absolute Gasteiger partial charge is 0.263 e. The minimum atomic E-state index is -0.512. The first-order chi connectivity index (χ1) is 19.8. The summed E-state index contributed by atoms with van der Waals surface area (Å²) in [6, 6.07) is 6.08. The molecule has 2 unspecified atom stereocenters. The second-order valence-corrected chi connectivity index (χ2v) is 11.0. The fraction of sp³-hybridized carbons (Fsp3) is 0.448. The minimum Gasteiger partial charge on any atom is -0.476 e. The van der Waals surface area contributed by atoms with Gasteiger partial charge in [-0.3, -0.25) is 4.79 Å². The number of terminal acetylenes is 1. The topological polar surface area (TPSA) is 92.2 Å². The Labute approximate surface area is 257 Å². The molecule has 0 saturated carbocycles. The van der Waals surface area contributed by atoms with Crippen LogP contribution in [0.2, 0.25) is 0 Å². The van der Waals surface area contributed by atoms with Gasteiger partial charge in [0.15, 0.2) is 6.10 Å². The van der Waals surface area contributed by atoms with Gasteiger partial charge >= 0.3 is 0 Å². The Morgan fingerprint density at radius 1 is 1.12 bits per heavy atom. The van der Waals surface area contributed by atoms with E-state index in [1.807, 2.05) is 78.3 Å². The highest BCUT2D eigenvalue weighted by molar-refractivity contribution is 14.2. The molecule has 1 saturated heterocycles. The number of aryl methyl sites for hydroxylation is 3. The number of halogens is 1. The quantitative estimate of drug-likeness (QED) is 0.134. The van der Waals surface area contributed by atoms with Crippen LogP contribution in [-0.4, -0.2) is 65.7 Å². The number of likely N-dealkylation sites (tertiary alicyclic amines) is 1. The molecule has 0 N–H and O–H groups in total. The molecule has 220 valence electrons. The molecule has 1 fully saturated rings. The van der Waals surface area contributed by atoms with Crippen LogP contribution in [0.1, 0.15) is 51.1 Å². The second kappa shape index (κ2) is 14.7. The molecule has 1 aromatic carbocycles. The third kappa shape index (κ3) is 6.70. The zero-order valence-corrected chi connectivity index (χ0v) is 28.2. The van der Waals surface area contributed by atoms with Gasteiger partial charge in [0.05, 0.1) is 35.9 Å². The van der Waals surface area contributed by atoms with Gasteiger partial charge in [0.1, 0.15) is 12.3 Å². The highest BCUT2D eigenvalue weighted by atomic mass is 127. The van der Waals surface area contributed by atoms with E-state index in [0.717, 1.165) is 33.3 Å². The fourth-order valence-corrected chi connectivity index (χ4v) is 6.12. The number of aromatic nitrogens is 6. The molecular formula is C29H39IN7O3P. The van der Waals surface area contributed by atoms with Crippen molar-refractivity contribution in [3.63, 3.8) is 0 Å². The van der Waals surface area contributed by atoms with E-state index in [4.69, 9.17) is 15.9 Å². The Morgan fingerprint density at radius 3 is 2.49 bits per heavy atom. The first-order valence-corrected chi connectivity index (χ1v) is 17.8. The fourth-order valence-electron chi connectivity index (χ4n) is 4.59. The van der Waals surface area contributed by atoms with E-state index in [0.29, 0.717) is 49.9 Å². The van der Waals surface area contributed by atoms with Crippen LogP contribution in [-0.2, 0) is 18.9 Å². The SMILES string of the molecule is C#Cc1nn(PI)c2ccc(-c3cnn(C)c3OCCN3CCC(Oc4c(C)c(C)nn4C)C3=O)cc12.CC.CC. The van der Waals surface area contributed by atoms with Crippen LogP contribution in [0.25, 0.3) is 22.0 Å². The summed E-state index contributed by atoms with van der Waals surface area (Å²) in [5, 5.41) is 14.2. The first kappa shape index (κ1) is 32.4. The third-order valence-electron chi connectivity index (χ3n) is 6.65. The van der Waals surface area contributed by atoms with Crippen LogP contribution in [0.5, 0.6) is 11.8 Å². The van der Waals surface area contributed by atoms with Gasteiger partial charge in [-0.05, 0) is 59.5 Å². The molecule has 0 aliphatic carbocycles. The van der Waals surface area contributed by atoms with Crippen molar-refractivity contribution in [2.24, 2.45) is 14.1 Å². The molecule has 4 aromatic rings. The van der Waals surface area contributed by atoms with Gasteiger partial charge < -0.3 is 14.4 Å². The van der Waals surface area contributed by atoms with Gasteiger partial charge in [0.2, 0.25) is 11.8 Å². The Balaban J connectivity index is 0.00000111. The van der Waals surface area contributed by atoms with Gasteiger partial charge in [0.25, 0.3) is 5.91 Å². The summed E-state index contributed by atoms with van der Waals surface area (Å²) in [5.41, 5.74) is 5.26. The zero-order chi connectivity index (χ0) is 30.3. The largest absolute Gasteiger partial charge is 0.476 e. The molecule has 12 heteroatoms. The molecule has 3 aromatic heterocycles. The number of hydrogen-bond donors (Lipinski definition) is 0. The van der Waals surface area contributed by atoms with Crippen molar-refractivity contribution in [2.75, 3.05) is 19.7 Å². The maximum atomic E-state index is 13.0. The van der Waals surface area contributed by atoms with E-state index in [1.165, 1.54) is 0 Å². The van der Waals surface area contributed by atoms with Gasteiger partial charge in [-0.2, -0.15) is 15.3 Å². The Bertz CT molecular complexity index is 1540. The molecular weight excluding hydrogens is 652 g/mol. The van der Waals surface area contributed by atoms with E-state index >= 15 is 0 Å². The number of ether oxygens (including phenoxy) is 2. The monoisotopic (exact) mass is 691 g/mol. The van der Waals surface area contributed by atoms with Crippen molar-refractivity contribution in [3.8, 4) is 35.2 Å². The molecule has 0 spiro atoms. The number of nitrogens with zero attached hydrogens (tertiary/aromatic N) is 7. The summed E-state index contributed by atoms with van der Waals surface area (Å²) in [7, 11) is 3.66. The van der Waals surface area contributed by atoms with Gasteiger partial charge in [-0.25, -0.2) is 13.8 Å². The molecule has 2 atom stereocenters. The van der Waals surface area contributed by atoms with Crippen LogP contribution in [0, 0.1) is 26.2 Å². The normalized spacial score (nSPS) is 14.6. The molecule has 0 bridgehead atoms. The van der Waals surface area contributed by atoms with Crippen LogP contribution < -0.4 is 9.47 Å². The molecule has 1 amide bonds. The van der Waals surface area contributed by atoms with Crippen LogP contribution >= 0.6 is 28.4 Å². The number of rotatable bonds is 8. The summed E-state index contributed by atoms with van der Waals surface area (Å²) in [4.78, 5) is 14.8. The Kier molecular flexibility index (Phi) is 11.6. The maximum absolute atomic E-state index is 13.0. The summed E-state index contributed by atoms with van der Waals surface area (Å²) in [6.07, 6.45) is 8.05. The van der Waals surface area contributed by atoms with Gasteiger partial charge in [-0.1, -0.05) is 33.8 Å². The van der Waals surface area contributed by atoms with E-state index in [9.17, 15) is 4.79 Å². The van der Waals surface area contributed by atoms with Gasteiger partial charge in [-0.15, -0.1) is 6.42 Å². The van der Waals surface area contributed by atoms with Crippen LogP contribution in [0.3, 0.4) is 0 Å². The standard InChI is InChI=1S/C25H27IN7O3P.2C2H6/c1-6-20-18-13-17(7-8-21(18)33(29-20)37-26)19-14-27-30(4)25(19)35-12-11-32-10-9-22(23(32)34)36-24-15(2)16(3)28-31(24)5;2*1-2/h1,7-8,13-14,22,37H,9-12H2,2-5H3;2*1-2H3. The average Bonchev–Trinajstić information content (AvgIpc) is 3.72. The van der Waals surface area contributed by atoms with Crippen molar-refractivity contribution >= 4 is 45.2 Å². The zero-order valence-electron chi connectivity index (χ0n) is 25.0. The van der Waals surface area contributed by atoms with E-state index in [1.54, 1.807) is 20.5 Å². The highest BCUT2D eigenvalue weighted by Crippen LogP contribution is 2.35. The number of carbonyl (C=O) groups excluding carboxylic acids is 1. The second-order valence-electron chi connectivity index (χ2n) is 8.92. The van der Waals surface area contributed by atoms with Crippen molar-refractivity contribution in [3.05, 3.63) is 41.3 Å². The third-order valence-corrected chi connectivity index (χ3v) is 8.52. The summed E-state index contributed by atoms with van der Waals surface area (Å²) >= 11 is 2.29. The van der Waals surface area contributed by atoms with E-state index in [2.05, 4.69) is 43.3 Å². The van der Waals surface area contributed by atoms with Crippen LogP contribution in [0.15, 0.2) is 24.4 Å². The Morgan fingerprint density at radius 2 is 1.85 bits per heavy atom. The van der Waals surface area contributed by atoms with E-state index in [-0.39, 0.29) is 5.91 Å². The molecule has 1 aliphatic rings. The lowest BCUT2D eigenvalue weighted by molar-refractivity contribution is -0.133. The lowest BCUT2D eigenvalue weighted by Gasteiger charge is -2.18. The summed E-state index contributed by atoms with van der Waals surface area (Å²) < 4.78 is 17.5. The van der Waals surface area contributed by atoms with Crippen molar-refractivity contribution < 1.29 is 14.3 Å². The average molecular weight is 692 g/mol. The lowest BCUT2D eigenvalue weighted by atomic mass is 10.1. The molecule has 1 aliphatic heterocycles. The van der Waals surface area contributed by atoms with Crippen molar-refractivity contribution in [1.82, 2.24) is 34.0 Å². The summed E-state index contributed by atoms with van der Waals surface area (Å²) in [5.74, 6) is 3.92. The van der Waals surface area contributed by atoms with Crippen molar-refractivity contribution in [2.45, 2.75) is 54.1 Å². The van der Waals surface area contributed by atoms with Gasteiger partial charge in [0, 0.05) is 38.0 Å². The number of hydrogen-bond acceptors (Lipinski definition) is 6. The first-order valence-electron chi connectivity index (χ1n) is 13.8. The number of amides is 1. The van der Waals surface area contributed by atoms with Crippen LogP contribution in [0.4, 0.5) is 0 Å².